The van der Waals surface area contributed by atoms with Gasteiger partial charge in [0, 0.05) is 12.4 Å². The number of carbonyl (C=O) groups is 2. The van der Waals surface area contributed by atoms with E-state index in [9.17, 15) is 9.59 Å². The maximum absolute atomic E-state index is 12.5. The molecule has 24 heavy (non-hydrogen) atoms. The first-order valence-electron chi connectivity index (χ1n) is 8.21. The minimum atomic E-state index is -0.684. The number of hydrogen-bond acceptors (Lipinski definition) is 4. The van der Waals surface area contributed by atoms with E-state index in [0.29, 0.717) is 18.8 Å². The Balaban J connectivity index is 2.83. The summed E-state index contributed by atoms with van der Waals surface area (Å²) in [4.78, 5) is 26.2. The van der Waals surface area contributed by atoms with Crippen molar-refractivity contribution in [3.63, 3.8) is 0 Å². The van der Waals surface area contributed by atoms with E-state index in [4.69, 9.17) is 21.1 Å². The summed E-state index contributed by atoms with van der Waals surface area (Å²) in [6.45, 7) is 6.26. The van der Waals surface area contributed by atoms with Gasteiger partial charge in [-0.05, 0) is 24.8 Å². The summed E-state index contributed by atoms with van der Waals surface area (Å²) < 4.78 is 10.5. The summed E-state index contributed by atoms with van der Waals surface area (Å²) in [7, 11) is 0. The van der Waals surface area contributed by atoms with Gasteiger partial charge in [0.15, 0.2) is 0 Å². The average molecular weight is 356 g/mol. The molecule has 0 aromatic heterocycles. The summed E-state index contributed by atoms with van der Waals surface area (Å²) in [6, 6.07) is 8.72. The van der Waals surface area contributed by atoms with E-state index in [1.807, 2.05) is 44.2 Å². The molecule has 5 nitrogen and oxygen atoms in total. The van der Waals surface area contributed by atoms with Crippen LogP contribution < -0.4 is 0 Å². The van der Waals surface area contributed by atoms with Gasteiger partial charge in [0.1, 0.15) is 12.6 Å². The highest BCUT2D eigenvalue weighted by molar-refractivity contribution is 6.17. The third kappa shape index (κ3) is 6.40. The van der Waals surface area contributed by atoms with E-state index in [0.717, 1.165) is 5.56 Å². The fraction of sp³-hybridized carbons (Fsp3) is 0.556. The molecule has 1 atom stereocenters. The average Bonchev–Trinajstić information content (AvgIpc) is 2.57. The number of amides is 1. The molecule has 0 saturated carbocycles. The second-order valence-corrected chi connectivity index (χ2v) is 6.09. The van der Waals surface area contributed by atoms with Gasteiger partial charge in [-0.25, -0.2) is 9.59 Å². The normalized spacial score (nSPS) is 11.9. The van der Waals surface area contributed by atoms with Crippen molar-refractivity contribution in [2.24, 2.45) is 5.92 Å². The van der Waals surface area contributed by atoms with Crippen LogP contribution in [0.1, 0.15) is 32.8 Å². The van der Waals surface area contributed by atoms with Gasteiger partial charge < -0.3 is 9.47 Å². The molecule has 0 heterocycles. The van der Waals surface area contributed by atoms with Gasteiger partial charge in [0.05, 0.1) is 6.61 Å². The van der Waals surface area contributed by atoms with Crippen LogP contribution in [0.2, 0.25) is 0 Å². The fourth-order valence-corrected chi connectivity index (χ4v) is 2.48. The highest BCUT2D eigenvalue weighted by Crippen LogP contribution is 2.16. The highest BCUT2D eigenvalue weighted by Gasteiger charge is 2.34. The van der Waals surface area contributed by atoms with E-state index in [-0.39, 0.29) is 19.1 Å². The molecule has 0 saturated heterocycles. The Hall–Kier alpha value is -1.75. The van der Waals surface area contributed by atoms with E-state index in [1.54, 1.807) is 6.92 Å². The van der Waals surface area contributed by atoms with Crippen molar-refractivity contribution in [1.82, 2.24) is 4.90 Å². The molecule has 1 aromatic rings. The van der Waals surface area contributed by atoms with Crippen LogP contribution >= 0.6 is 11.6 Å². The zero-order valence-corrected chi connectivity index (χ0v) is 15.3. The van der Waals surface area contributed by atoms with E-state index in [2.05, 4.69) is 0 Å². The molecule has 6 heteroatoms. The van der Waals surface area contributed by atoms with E-state index < -0.39 is 18.1 Å². The number of benzene rings is 1. The smallest absolute Gasteiger partial charge is 0.410 e. The summed E-state index contributed by atoms with van der Waals surface area (Å²) in [6.07, 6.45) is 0.0423. The molecule has 0 aliphatic heterocycles. The molecule has 0 unspecified atom stereocenters. The lowest BCUT2D eigenvalue weighted by molar-refractivity contribution is -0.150. The number of nitrogens with zero attached hydrogens (tertiary/aromatic N) is 1. The number of halogens is 1. The standard InChI is InChI=1S/C18H26ClNO4/c1-4-23-17(21)16(14(2)3)20(12-8-11-19)18(22)24-13-15-9-6-5-7-10-15/h5-7,9-10,14,16H,4,8,11-13H2,1-3H3/t16-/m0/s1. The van der Waals surface area contributed by atoms with Crippen LogP contribution in [0.5, 0.6) is 0 Å². The second kappa shape index (κ2) is 10.9. The summed E-state index contributed by atoms with van der Waals surface area (Å²) in [5.74, 6) is -0.113. The monoisotopic (exact) mass is 355 g/mol. The molecule has 0 fully saturated rings. The predicted molar refractivity (Wildman–Crippen MR) is 93.9 cm³/mol. The van der Waals surface area contributed by atoms with Crippen LogP contribution in [0.4, 0.5) is 4.79 Å². The SMILES string of the molecule is CCOC(=O)[C@H](C(C)C)N(CCCCl)C(=O)OCc1ccccc1. The highest BCUT2D eigenvalue weighted by atomic mass is 35.5. The van der Waals surface area contributed by atoms with Gasteiger partial charge in [-0.15, -0.1) is 11.6 Å². The third-order valence-corrected chi connectivity index (χ3v) is 3.73. The number of alkyl halides is 1. The van der Waals surface area contributed by atoms with Crippen molar-refractivity contribution in [3.05, 3.63) is 35.9 Å². The molecule has 0 radical (unpaired) electrons. The molecule has 0 aliphatic carbocycles. The van der Waals surface area contributed by atoms with Gasteiger partial charge >= 0.3 is 12.1 Å². The Morgan fingerprint density at radius 1 is 1.17 bits per heavy atom. The third-order valence-electron chi connectivity index (χ3n) is 3.47. The summed E-state index contributed by atoms with van der Waals surface area (Å²) in [5, 5.41) is 0. The van der Waals surface area contributed by atoms with Crippen molar-refractivity contribution in [1.29, 1.82) is 0 Å². The van der Waals surface area contributed by atoms with Crippen LogP contribution in [-0.2, 0) is 20.9 Å². The number of carbonyl (C=O) groups excluding carboxylic acids is 2. The minimum absolute atomic E-state index is 0.0938. The molecule has 1 rings (SSSR count). The molecular weight excluding hydrogens is 330 g/mol. The van der Waals surface area contributed by atoms with Gasteiger partial charge in [-0.3, -0.25) is 4.90 Å². The Morgan fingerprint density at radius 3 is 2.38 bits per heavy atom. The maximum atomic E-state index is 12.5. The molecule has 0 bridgehead atoms. The summed E-state index contributed by atoms with van der Waals surface area (Å²) in [5.41, 5.74) is 0.889. The zero-order valence-electron chi connectivity index (χ0n) is 14.5. The van der Waals surface area contributed by atoms with Crippen molar-refractivity contribution in [2.45, 2.75) is 39.8 Å². The largest absolute Gasteiger partial charge is 0.464 e. The summed E-state index contributed by atoms with van der Waals surface area (Å²) >= 11 is 5.75. The predicted octanol–water partition coefficient (Wildman–Crippen LogP) is 3.84. The first-order chi connectivity index (χ1) is 11.5. The van der Waals surface area contributed by atoms with Crippen molar-refractivity contribution < 1.29 is 19.1 Å². The van der Waals surface area contributed by atoms with Gasteiger partial charge in [0.25, 0.3) is 0 Å². The fourth-order valence-electron chi connectivity index (χ4n) is 2.36. The van der Waals surface area contributed by atoms with Crippen molar-refractivity contribution in [2.75, 3.05) is 19.0 Å². The minimum Gasteiger partial charge on any atom is -0.464 e. The Morgan fingerprint density at radius 2 is 1.83 bits per heavy atom. The Bertz CT molecular complexity index is 507. The van der Waals surface area contributed by atoms with Crippen LogP contribution in [0.15, 0.2) is 30.3 Å². The van der Waals surface area contributed by atoms with Gasteiger partial charge in [-0.2, -0.15) is 0 Å². The first kappa shape index (κ1) is 20.3. The van der Waals surface area contributed by atoms with Crippen LogP contribution in [0, 0.1) is 5.92 Å². The number of rotatable bonds is 9. The van der Waals surface area contributed by atoms with E-state index in [1.165, 1.54) is 4.90 Å². The molecule has 1 aromatic carbocycles. The first-order valence-corrected chi connectivity index (χ1v) is 8.74. The Labute approximate surface area is 148 Å². The van der Waals surface area contributed by atoms with Crippen LogP contribution in [0.3, 0.4) is 0 Å². The molecule has 1 amide bonds. The second-order valence-electron chi connectivity index (χ2n) is 5.72. The maximum Gasteiger partial charge on any atom is 0.410 e. The lowest BCUT2D eigenvalue weighted by atomic mass is 10.0. The molecule has 134 valence electrons. The molecular formula is C18H26ClNO4. The number of esters is 1. The van der Waals surface area contributed by atoms with Crippen LogP contribution in [0.25, 0.3) is 0 Å². The van der Waals surface area contributed by atoms with E-state index >= 15 is 0 Å². The lowest BCUT2D eigenvalue weighted by Crippen LogP contribution is -2.49. The van der Waals surface area contributed by atoms with Gasteiger partial charge in [0.2, 0.25) is 0 Å². The zero-order chi connectivity index (χ0) is 17.9. The number of ether oxygens (including phenoxy) is 2. The lowest BCUT2D eigenvalue weighted by Gasteiger charge is -2.31. The Kier molecular flexibility index (Phi) is 9.23. The van der Waals surface area contributed by atoms with Crippen molar-refractivity contribution in [3.8, 4) is 0 Å². The van der Waals surface area contributed by atoms with Crippen molar-refractivity contribution >= 4 is 23.7 Å². The van der Waals surface area contributed by atoms with Gasteiger partial charge in [-0.1, -0.05) is 44.2 Å². The number of hydrogen-bond donors (Lipinski definition) is 0. The van der Waals surface area contributed by atoms with Crippen LogP contribution in [-0.4, -0.2) is 42.0 Å². The topological polar surface area (TPSA) is 55.8 Å². The molecule has 0 aliphatic rings. The molecule has 0 N–H and O–H groups in total. The quantitative estimate of drug-likeness (QED) is 0.499. The molecule has 0 spiro atoms.